The fraction of sp³-hybridized carbons (Fsp3) is 0.786. The molecule has 0 heterocycles. The lowest BCUT2D eigenvalue weighted by atomic mass is 9.58. The average molecular weight is 447 g/mol. The first-order chi connectivity index (χ1) is 14.9. The van der Waals surface area contributed by atoms with Crippen LogP contribution < -0.4 is 0 Å². The fourth-order valence-electron chi connectivity index (χ4n) is 7.11. The Balaban J connectivity index is 1.78. The number of aliphatic hydroxyl groups excluding tert-OH is 3. The van der Waals surface area contributed by atoms with E-state index in [1.165, 1.54) is 18.4 Å². The van der Waals surface area contributed by atoms with Gasteiger partial charge < -0.3 is 20.4 Å². The van der Waals surface area contributed by atoms with E-state index in [0.717, 1.165) is 43.3 Å². The summed E-state index contributed by atoms with van der Waals surface area (Å²) in [5.41, 5.74) is 2.69. The van der Waals surface area contributed by atoms with E-state index in [9.17, 15) is 20.4 Å². The van der Waals surface area contributed by atoms with Crippen LogP contribution in [0.25, 0.3) is 0 Å². The summed E-state index contributed by atoms with van der Waals surface area (Å²) in [5.74, 6) is 2.05. The standard InChI is InChI=1S/C28H46O4/c1-18(7-6-12-27(3,4)32)24-10-11-25-22(13-20(17-29)16-28(24,25)5)9-8-21-14-23(30)15-26(31)19(21)2/h8-9,18,20,23-26,29-32H,2,6-7,10-17H2,1,3-5H3/b21-8+,22-9+/t18-,20+,23-,24-,25+,26+,28-/m1/s1. The molecule has 182 valence electrons. The Morgan fingerprint density at radius 2 is 1.91 bits per heavy atom. The molecule has 0 saturated heterocycles. The summed E-state index contributed by atoms with van der Waals surface area (Å²) >= 11 is 0. The molecule has 0 radical (unpaired) electrons. The lowest BCUT2D eigenvalue weighted by Gasteiger charge is -2.47. The molecule has 0 aliphatic heterocycles. The molecule has 0 aromatic heterocycles. The van der Waals surface area contributed by atoms with Gasteiger partial charge in [0.1, 0.15) is 0 Å². The third-order valence-corrected chi connectivity index (χ3v) is 8.77. The molecule has 7 atom stereocenters. The summed E-state index contributed by atoms with van der Waals surface area (Å²) in [4.78, 5) is 0. The van der Waals surface area contributed by atoms with Gasteiger partial charge >= 0.3 is 0 Å². The lowest BCUT2D eigenvalue weighted by molar-refractivity contribution is 0.0407. The maximum atomic E-state index is 10.2. The van der Waals surface area contributed by atoms with Crippen LogP contribution in [0, 0.1) is 29.1 Å². The molecule has 0 unspecified atom stereocenters. The van der Waals surface area contributed by atoms with Gasteiger partial charge in [0, 0.05) is 13.0 Å². The van der Waals surface area contributed by atoms with Gasteiger partial charge in [0.15, 0.2) is 0 Å². The minimum Gasteiger partial charge on any atom is -0.396 e. The largest absolute Gasteiger partial charge is 0.396 e. The van der Waals surface area contributed by atoms with Crippen molar-refractivity contribution in [2.75, 3.05) is 6.61 Å². The minimum atomic E-state index is -0.661. The molecule has 4 heteroatoms. The molecular formula is C28H46O4. The molecule has 3 fully saturated rings. The molecular weight excluding hydrogens is 400 g/mol. The predicted octanol–water partition coefficient (Wildman–Crippen LogP) is 4.92. The Labute approximate surface area is 195 Å². The van der Waals surface area contributed by atoms with Gasteiger partial charge in [0.05, 0.1) is 17.8 Å². The van der Waals surface area contributed by atoms with E-state index in [1.54, 1.807) is 0 Å². The average Bonchev–Trinajstić information content (AvgIpc) is 3.05. The maximum Gasteiger partial charge on any atom is 0.0811 e. The highest BCUT2D eigenvalue weighted by Crippen LogP contribution is 2.61. The Kier molecular flexibility index (Phi) is 8.13. The van der Waals surface area contributed by atoms with E-state index in [1.807, 2.05) is 13.8 Å². The number of allylic oxidation sites excluding steroid dienone is 3. The van der Waals surface area contributed by atoms with E-state index in [4.69, 9.17) is 0 Å². The topological polar surface area (TPSA) is 80.9 Å². The van der Waals surface area contributed by atoms with Gasteiger partial charge in [-0.05, 0) is 92.6 Å². The van der Waals surface area contributed by atoms with Crippen LogP contribution in [0.2, 0.25) is 0 Å². The van der Waals surface area contributed by atoms with Crippen LogP contribution in [0.1, 0.15) is 85.5 Å². The zero-order chi connectivity index (χ0) is 23.7. The molecule has 3 saturated carbocycles. The van der Waals surface area contributed by atoms with Gasteiger partial charge in [0.25, 0.3) is 0 Å². The summed E-state index contributed by atoms with van der Waals surface area (Å²) in [6.07, 6.45) is 11.5. The van der Waals surface area contributed by atoms with E-state index in [-0.39, 0.29) is 17.9 Å². The van der Waals surface area contributed by atoms with E-state index in [2.05, 4.69) is 32.6 Å². The lowest BCUT2D eigenvalue weighted by Crippen LogP contribution is -2.40. The van der Waals surface area contributed by atoms with Crippen molar-refractivity contribution in [1.82, 2.24) is 0 Å². The van der Waals surface area contributed by atoms with Crippen molar-refractivity contribution in [3.8, 4) is 0 Å². The third-order valence-electron chi connectivity index (χ3n) is 8.77. The van der Waals surface area contributed by atoms with Gasteiger partial charge in [-0.15, -0.1) is 0 Å². The fourth-order valence-corrected chi connectivity index (χ4v) is 7.11. The number of rotatable bonds is 7. The summed E-state index contributed by atoms with van der Waals surface area (Å²) in [6, 6.07) is 0. The van der Waals surface area contributed by atoms with E-state index >= 15 is 0 Å². The molecule has 0 amide bonds. The molecule has 3 aliphatic carbocycles. The number of hydrogen-bond donors (Lipinski definition) is 4. The van der Waals surface area contributed by atoms with Gasteiger partial charge in [0.2, 0.25) is 0 Å². The highest BCUT2D eigenvalue weighted by molar-refractivity contribution is 5.38. The maximum absolute atomic E-state index is 10.2. The zero-order valence-electron chi connectivity index (χ0n) is 20.7. The first-order valence-corrected chi connectivity index (χ1v) is 12.7. The second kappa shape index (κ2) is 10.1. The second-order valence-electron chi connectivity index (χ2n) is 11.9. The monoisotopic (exact) mass is 446 g/mol. The molecule has 4 N–H and O–H groups in total. The van der Waals surface area contributed by atoms with Crippen molar-refractivity contribution in [2.45, 2.75) is 103 Å². The third kappa shape index (κ3) is 5.75. The van der Waals surface area contributed by atoms with Crippen LogP contribution in [0.4, 0.5) is 0 Å². The van der Waals surface area contributed by atoms with Gasteiger partial charge in [-0.1, -0.05) is 51.0 Å². The summed E-state index contributed by atoms with van der Waals surface area (Å²) < 4.78 is 0. The first-order valence-electron chi connectivity index (χ1n) is 12.7. The van der Waals surface area contributed by atoms with Crippen molar-refractivity contribution in [1.29, 1.82) is 0 Å². The molecule has 3 rings (SSSR count). The Hall–Kier alpha value is -0.940. The van der Waals surface area contributed by atoms with Gasteiger partial charge in [-0.25, -0.2) is 0 Å². The Morgan fingerprint density at radius 3 is 2.56 bits per heavy atom. The van der Waals surface area contributed by atoms with Gasteiger partial charge in [-0.2, -0.15) is 0 Å². The van der Waals surface area contributed by atoms with E-state index in [0.29, 0.717) is 30.6 Å². The van der Waals surface area contributed by atoms with Crippen LogP contribution >= 0.6 is 0 Å². The molecule has 4 nitrogen and oxygen atoms in total. The molecule has 0 aromatic carbocycles. The second-order valence-corrected chi connectivity index (χ2v) is 11.9. The van der Waals surface area contributed by atoms with Crippen molar-refractivity contribution < 1.29 is 20.4 Å². The van der Waals surface area contributed by atoms with Crippen LogP contribution in [0.15, 0.2) is 35.5 Å². The predicted molar refractivity (Wildman–Crippen MR) is 130 cm³/mol. The highest BCUT2D eigenvalue weighted by Gasteiger charge is 2.52. The van der Waals surface area contributed by atoms with Gasteiger partial charge in [-0.3, -0.25) is 0 Å². The van der Waals surface area contributed by atoms with Crippen molar-refractivity contribution in [2.24, 2.45) is 29.1 Å². The van der Waals surface area contributed by atoms with Crippen LogP contribution in [-0.4, -0.2) is 44.8 Å². The number of hydrogen-bond acceptors (Lipinski definition) is 4. The summed E-state index contributed by atoms with van der Waals surface area (Å²) in [5, 5.41) is 40.4. The summed E-state index contributed by atoms with van der Waals surface area (Å²) in [7, 11) is 0. The highest BCUT2D eigenvalue weighted by atomic mass is 16.3. The SMILES string of the molecule is C=C1/C(=C/C=C2\C[C@H](CO)C[C@]3(C)[C@@H]([C@H](C)CCCC(C)(C)O)CC[C@@H]23)C[C@@H](O)C[C@@H]1O. The normalized spacial score (nSPS) is 39.5. The molecule has 3 aliphatic rings. The van der Waals surface area contributed by atoms with Crippen molar-refractivity contribution in [3.05, 3.63) is 35.5 Å². The number of aliphatic hydroxyl groups is 4. The van der Waals surface area contributed by atoms with Crippen LogP contribution in [0.5, 0.6) is 0 Å². The molecule has 0 aromatic rings. The molecule has 0 spiro atoms. The van der Waals surface area contributed by atoms with Crippen molar-refractivity contribution >= 4 is 0 Å². The Morgan fingerprint density at radius 1 is 1.19 bits per heavy atom. The van der Waals surface area contributed by atoms with E-state index < -0.39 is 17.8 Å². The summed E-state index contributed by atoms with van der Waals surface area (Å²) in [6.45, 7) is 12.9. The first kappa shape index (κ1) is 25.7. The molecule has 32 heavy (non-hydrogen) atoms. The van der Waals surface area contributed by atoms with Crippen LogP contribution in [0.3, 0.4) is 0 Å². The smallest absolute Gasteiger partial charge is 0.0811 e. The Bertz CT molecular complexity index is 730. The quantitative estimate of drug-likeness (QED) is 0.447. The van der Waals surface area contributed by atoms with Crippen molar-refractivity contribution in [3.63, 3.8) is 0 Å². The van der Waals surface area contributed by atoms with Crippen LogP contribution in [-0.2, 0) is 0 Å². The zero-order valence-corrected chi connectivity index (χ0v) is 20.7. The number of fused-ring (bicyclic) bond motifs is 1. The minimum absolute atomic E-state index is 0.187. The molecule has 0 bridgehead atoms.